The number of carbonyl (C=O) groups is 2. The summed E-state index contributed by atoms with van der Waals surface area (Å²) in [6, 6.07) is 24.4. The van der Waals surface area contributed by atoms with Gasteiger partial charge < -0.3 is 10.6 Å². The fourth-order valence-electron chi connectivity index (χ4n) is 3.79. The molecule has 0 aliphatic heterocycles. The van der Waals surface area contributed by atoms with Crippen molar-refractivity contribution < 1.29 is 9.59 Å². The van der Waals surface area contributed by atoms with Crippen LogP contribution in [0.25, 0.3) is 10.2 Å². The molecule has 0 aliphatic carbocycles. The smallest absolute Gasteiger partial charge is 0.265 e. The maximum absolute atomic E-state index is 13.0. The number of aryl methyl sites for hydroxylation is 1. The van der Waals surface area contributed by atoms with Crippen LogP contribution in [0.1, 0.15) is 37.0 Å². The number of hydrogen-bond acceptors (Lipinski definition) is 5. The number of nitrogens with zero attached hydrogens (tertiary/aromatic N) is 3. The topological polar surface area (TPSA) is 88.9 Å². The van der Waals surface area contributed by atoms with Gasteiger partial charge in [-0.05, 0) is 48.9 Å². The number of carbonyl (C=O) groups excluding carboxylic acids is 2. The molecule has 0 unspecified atom stereocenters. The van der Waals surface area contributed by atoms with Crippen molar-refractivity contribution >= 4 is 39.1 Å². The third kappa shape index (κ3) is 5.12. The van der Waals surface area contributed by atoms with Gasteiger partial charge in [0.15, 0.2) is 0 Å². The number of benzene rings is 2. The van der Waals surface area contributed by atoms with Crippen LogP contribution in [0, 0.1) is 6.92 Å². The second-order valence-corrected chi connectivity index (χ2v) is 9.13. The molecule has 0 bridgehead atoms. The first-order valence-electron chi connectivity index (χ1n) is 11.2. The van der Waals surface area contributed by atoms with E-state index >= 15 is 0 Å². The van der Waals surface area contributed by atoms with Crippen LogP contribution >= 0.6 is 11.3 Å². The monoisotopic (exact) mass is 481 g/mol. The highest BCUT2D eigenvalue weighted by Crippen LogP contribution is 2.29. The van der Waals surface area contributed by atoms with Crippen LogP contribution in [0.5, 0.6) is 0 Å². The maximum Gasteiger partial charge on any atom is 0.265 e. The van der Waals surface area contributed by atoms with Crippen molar-refractivity contribution in [2.75, 3.05) is 5.32 Å². The van der Waals surface area contributed by atoms with E-state index in [-0.39, 0.29) is 11.8 Å². The lowest BCUT2D eigenvalue weighted by Crippen LogP contribution is -2.23. The normalized spacial score (nSPS) is 10.9. The van der Waals surface area contributed by atoms with E-state index in [1.54, 1.807) is 30.5 Å². The Balaban J connectivity index is 1.29. The first-order chi connectivity index (χ1) is 17.1. The van der Waals surface area contributed by atoms with Crippen LogP contribution in [0.15, 0.2) is 85.1 Å². The number of nitrogens with one attached hydrogen (secondary N) is 2. The Morgan fingerprint density at radius 2 is 1.77 bits per heavy atom. The summed E-state index contributed by atoms with van der Waals surface area (Å²) in [6.45, 7) is 2.92. The van der Waals surface area contributed by atoms with E-state index in [9.17, 15) is 9.59 Å². The van der Waals surface area contributed by atoms with Gasteiger partial charge in [0, 0.05) is 22.8 Å². The summed E-state index contributed by atoms with van der Waals surface area (Å²) in [5, 5.41) is 11.4. The Morgan fingerprint density at radius 3 is 2.57 bits per heavy atom. The number of amides is 2. The fraction of sp³-hybridized carbons (Fsp3) is 0.111. The standard InChI is InChI=1S/C27H23N5O2S/c1-18-23-15-24(35-27(23)32(31-18)17-19-8-3-2-4-9-19)26(34)30-21-12-7-10-20(14-21)25(33)29-16-22-11-5-6-13-28-22/h2-15H,16-17H2,1H3,(H,29,33)(H,30,34). The summed E-state index contributed by atoms with van der Waals surface area (Å²) >= 11 is 1.41. The molecule has 0 saturated heterocycles. The van der Waals surface area contributed by atoms with E-state index in [1.807, 2.05) is 54.1 Å². The number of pyridine rings is 1. The molecule has 3 aromatic heterocycles. The highest BCUT2D eigenvalue weighted by atomic mass is 32.1. The summed E-state index contributed by atoms with van der Waals surface area (Å²) in [4.78, 5) is 31.3. The Labute approximate surface area is 206 Å². The molecule has 2 aromatic carbocycles. The van der Waals surface area contributed by atoms with Gasteiger partial charge in [0.25, 0.3) is 11.8 Å². The summed E-state index contributed by atoms with van der Waals surface area (Å²) < 4.78 is 1.94. The predicted octanol–water partition coefficient (Wildman–Crippen LogP) is 5.03. The van der Waals surface area contributed by atoms with Crippen molar-refractivity contribution in [3.63, 3.8) is 0 Å². The van der Waals surface area contributed by atoms with E-state index in [4.69, 9.17) is 0 Å². The molecule has 7 nitrogen and oxygen atoms in total. The Bertz CT molecular complexity index is 1490. The minimum atomic E-state index is -0.231. The first-order valence-corrected chi connectivity index (χ1v) is 12.0. The number of rotatable bonds is 7. The molecule has 0 fully saturated rings. The van der Waals surface area contributed by atoms with Crippen molar-refractivity contribution in [2.45, 2.75) is 20.0 Å². The van der Waals surface area contributed by atoms with E-state index in [1.165, 1.54) is 11.3 Å². The molecule has 5 aromatic rings. The Kier molecular flexibility index (Phi) is 6.36. The van der Waals surface area contributed by atoms with Crippen LogP contribution in [-0.2, 0) is 13.1 Å². The molecular formula is C27H23N5O2S. The summed E-state index contributed by atoms with van der Waals surface area (Å²) in [5.41, 5.74) is 3.83. The predicted molar refractivity (Wildman–Crippen MR) is 138 cm³/mol. The van der Waals surface area contributed by atoms with Crippen LogP contribution in [0.2, 0.25) is 0 Å². The van der Waals surface area contributed by atoms with Crippen molar-refractivity contribution in [2.24, 2.45) is 0 Å². The third-order valence-corrected chi connectivity index (χ3v) is 6.69. The minimum Gasteiger partial charge on any atom is -0.346 e. The summed E-state index contributed by atoms with van der Waals surface area (Å²) in [7, 11) is 0. The van der Waals surface area contributed by atoms with Gasteiger partial charge in [0.05, 0.1) is 29.4 Å². The molecule has 2 N–H and O–H groups in total. The number of anilines is 1. The van der Waals surface area contributed by atoms with E-state index < -0.39 is 0 Å². The number of thiophene rings is 1. The highest BCUT2D eigenvalue weighted by Gasteiger charge is 2.17. The number of aromatic nitrogens is 3. The van der Waals surface area contributed by atoms with Gasteiger partial charge in [-0.3, -0.25) is 19.3 Å². The zero-order chi connectivity index (χ0) is 24.2. The lowest BCUT2D eigenvalue weighted by atomic mass is 10.2. The zero-order valence-corrected chi connectivity index (χ0v) is 19.9. The molecule has 0 atom stereocenters. The van der Waals surface area contributed by atoms with Crippen LogP contribution in [0.3, 0.4) is 0 Å². The molecular weight excluding hydrogens is 458 g/mol. The number of fused-ring (bicyclic) bond motifs is 1. The quantitative estimate of drug-likeness (QED) is 0.341. The largest absolute Gasteiger partial charge is 0.346 e. The van der Waals surface area contributed by atoms with Gasteiger partial charge in [0.2, 0.25) is 0 Å². The first kappa shape index (κ1) is 22.5. The average molecular weight is 482 g/mol. The molecule has 8 heteroatoms. The van der Waals surface area contributed by atoms with Gasteiger partial charge in [-0.1, -0.05) is 42.5 Å². The SMILES string of the molecule is Cc1nn(Cc2ccccc2)c2sc(C(=O)Nc3cccc(C(=O)NCc4ccccn4)c3)cc12. The molecule has 0 spiro atoms. The molecule has 0 radical (unpaired) electrons. The molecule has 5 rings (SSSR count). The minimum absolute atomic E-state index is 0.220. The molecule has 0 saturated carbocycles. The van der Waals surface area contributed by atoms with Crippen molar-refractivity contribution in [1.82, 2.24) is 20.1 Å². The van der Waals surface area contributed by atoms with Crippen molar-refractivity contribution in [1.29, 1.82) is 0 Å². The lowest BCUT2D eigenvalue weighted by Gasteiger charge is -2.08. The Hall–Kier alpha value is -4.30. The van der Waals surface area contributed by atoms with Crippen LogP contribution in [-0.4, -0.2) is 26.6 Å². The third-order valence-electron chi connectivity index (χ3n) is 5.55. The van der Waals surface area contributed by atoms with Crippen LogP contribution in [0.4, 0.5) is 5.69 Å². The second kappa shape index (κ2) is 9.90. The summed E-state index contributed by atoms with van der Waals surface area (Å²) in [5.74, 6) is -0.451. The molecule has 0 aliphatic rings. The van der Waals surface area contributed by atoms with Gasteiger partial charge in [0.1, 0.15) is 4.83 Å². The molecule has 2 amide bonds. The fourth-order valence-corrected chi connectivity index (χ4v) is 4.85. The highest BCUT2D eigenvalue weighted by molar-refractivity contribution is 7.20. The van der Waals surface area contributed by atoms with E-state index in [0.29, 0.717) is 29.2 Å². The molecule has 174 valence electrons. The van der Waals surface area contributed by atoms with Crippen molar-refractivity contribution in [3.8, 4) is 0 Å². The summed E-state index contributed by atoms with van der Waals surface area (Å²) in [6.07, 6.45) is 1.69. The average Bonchev–Trinajstić information content (AvgIpc) is 3.45. The molecule has 35 heavy (non-hydrogen) atoms. The number of hydrogen-bond donors (Lipinski definition) is 2. The van der Waals surface area contributed by atoms with Gasteiger partial charge in [-0.25, -0.2) is 0 Å². The van der Waals surface area contributed by atoms with E-state index in [0.717, 1.165) is 27.2 Å². The van der Waals surface area contributed by atoms with Gasteiger partial charge >= 0.3 is 0 Å². The molecule has 3 heterocycles. The van der Waals surface area contributed by atoms with E-state index in [2.05, 4.69) is 32.8 Å². The lowest BCUT2D eigenvalue weighted by molar-refractivity contribution is 0.0949. The van der Waals surface area contributed by atoms with Gasteiger partial charge in [-0.15, -0.1) is 11.3 Å². The Morgan fingerprint density at radius 1 is 0.943 bits per heavy atom. The van der Waals surface area contributed by atoms with Crippen LogP contribution < -0.4 is 10.6 Å². The van der Waals surface area contributed by atoms with Gasteiger partial charge in [-0.2, -0.15) is 5.10 Å². The second-order valence-electron chi connectivity index (χ2n) is 8.10. The maximum atomic E-state index is 13.0. The van der Waals surface area contributed by atoms with Crippen molar-refractivity contribution in [3.05, 3.63) is 112 Å². The zero-order valence-electron chi connectivity index (χ0n) is 19.1.